The summed E-state index contributed by atoms with van der Waals surface area (Å²) >= 11 is 0. The van der Waals surface area contributed by atoms with Crippen LogP contribution < -0.4 is 5.73 Å². The van der Waals surface area contributed by atoms with Crippen molar-refractivity contribution in [2.24, 2.45) is 0 Å². The zero-order valence-electron chi connectivity index (χ0n) is 10.4. The van der Waals surface area contributed by atoms with Crippen LogP contribution in [0.5, 0.6) is 0 Å². The van der Waals surface area contributed by atoms with Crippen molar-refractivity contribution in [3.8, 4) is 11.1 Å². The predicted octanol–water partition coefficient (Wildman–Crippen LogP) is 4.29. The van der Waals surface area contributed by atoms with Gasteiger partial charge in [-0.25, -0.2) is 8.78 Å². The first-order valence-electron chi connectivity index (χ1n) is 6.23. The summed E-state index contributed by atoms with van der Waals surface area (Å²) in [5.41, 5.74) is 6.94. The van der Waals surface area contributed by atoms with E-state index in [1.807, 2.05) is 24.4 Å². The molecular weight excluding hydrogens is 258 g/mol. The Labute approximate surface area is 113 Å². The fraction of sp³-hybridized carbons (Fsp3) is 0. The normalized spacial score (nSPS) is 11.7. The maximum Gasteiger partial charge on any atom is 0.156 e. The van der Waals surface area contributed by atoms with Gasteiger partial charge in [0.15, 0.2) is 5.82 Å². The first-order valence-corrected chi connectivity index (χ1v) is 6.23. The number of pyridine rings is 1. The Bertz CT molecular complexity index is 940. The van der Waals surface area contributed by atoms with Gasteiger partial charge in [-0.3, -0.25) is 0 Å². The summed E-state index contributed by atoms with van der Waals surface area (Å²) in [7, 11) is 0. The number of aromatic nitrogens is 1. The number of halogens is 2. The molecule has 0 fully saturated rings. The maximum atomic E-state index is 14.2. The lowest BCUT2D eigenvalue weighted by Gasteiger charge is -2.06. The van der Waals surface area contributed by atoms with E-state index < -0.39 is 11.6 Å². The quantitative estimate of drug-likeness (QED) is 0.497. The monoisotopic (exact) mass is 268 g/mol. The molecule has 1 heterocycles. The third-order valence-corrected chi connectivity index (χ3v) is 3.73. The van der Waals surface area contributed by atoms with E-state index in [9.17, 15) is 8.78 Å². The second-order valence-electron chi connectivity index (χ2n) is 4.85. The van der Waals surface area contributed by atoms with E-state index in [2.05, 4.69) is 4.98 Å². The van der Waals surface area contributed by atoms with Crippen LogP contribution >= 0.6 is 0 Å². The molecule has 0 amide bonds. The van der Waals surface area contributed by atoms with Gasteiger partial charge in [0.2, 0.25) is 0 Å². The molecule has 0 spiro atoms. The molecule has 4 rings (SSSR count). The predicted molar refractivity (Wildman–Crippen MR) is 76.8 cm³/mol. The maximum absolute atomic E-state index is 14.2. The summed E-state index contributed by atoms with van der Waals surface area (Å²) in [5.74, 6) is -1.31. The number of aromatic amines is 1. The highest BCUT2D eigenvalue weighted by Gasteiger charge is 2.19. The van der Waals surface area contributed by atoms with Gasteiger partial charge in [0.1, 0.15) is 5.82 Å². The van der Waals surface area contributed by atoms with E-state index in [1.165, 1.54) is 12.1 Å². The number of hydrogen-bond acceptors (Lipinski definition) is 1. The van der Waals surface area contributed by atoms with Gasteiger partial charge in [-0.1, -0.05) is 6.07 Å². The number of rotatable bonds is 1. The topological polar surface area (TPSA) is 41.8 Å². The van der Waals surface area contributed by atoms with E-state index in [0.29, 0.717) is 5.56 Å². The lowest BCUT2D eigenvalue weighted by molar-refractivity contribution is 0.593. The summed E-state index contributed by atoms with van der Waals surface area (Å²) in [6, 6.07) is 9.90. The zero-order chi connectivity index (χ0) is 13.9. The molecule has 4 heteroatoms. The second kappa shape index (κ2) is 3.70. The van der Waals surface area contributed by atoms with Gasteiger partial charge in [-0.05, 0) is 46.7 Å². The average Bonchev–Trinajstić information content (AvgIpc) is 3.02. The summed E-state index contributed by atoms with van der Waals surface area (Å²) in [6.07, 6.45) is 1.81. The molecule has 0 unspecified atom stereocenters. The highest BCUT2D eigenvalue weighted by Crippen LogP contribution is 2.40. The first-order chi connectivity index (χ1) is 9.66. The Hall–Kier alpha value is -2.62. The molecule has 0 saturated heterocycles. The van der Waals surface area contributed by atoms with Crippen molar-refractivity contribution in [3.05, 3.63) is 54.2 Å². The summed E-state index contributed by atoms with van der Waals surface area (Å²) < 4.78 is 28.3. The van der Waals surface area contributed by atoms with Crippen LogP contribution in [0.4, 0.5) is 14.5 Å². The largest absolute Gasteiger partial charge is 0.396 e. The fourth-order valence-electron chi connectivity index (χ4n) is 2.81. The van der Waals surface area contributed by atoms with E-state index in [4.69, 9.17) is 5.73 Å². The smallest absolute Gasteiger partial charge is 0.156 e. The minimum Gasteiger partial charge on any atom is -0.396 e. The number of nitrogens with two attached hydrogens (primary N) is 1. The molecule has 0 aliphatic carbocycles. The van der Waals surface area contributed by atoms with Crippen LogP contribution in [-0.4, -0.2) is 4.98 Å². The standard InChI is InChI=1S/C16H10F2N2/c17-11-2-3-12(19)16(18)15(11)10-7-8-5-6-20-13-4-1-9(10)14(8)13/h1-7,20H,19H2. The summed E-state index contributed by atoms with van der Waals surface area (Å²) in [6.45, 7) is 0. The van der Waals surface area contributed by atoms with Gasteiger partial charge < -0.3 is 10.7 Å². The molecular formula is C16H10F2N2. The molecule has 0 bridgehead atoms. The number of nitrogen functional groups attached to an aromatic ring is 1. The molecule has 2 nitrogen and oxygen atoms in total. The van der Waals surface area contributed by atoms with Crippen molar-refractivity contribution in [2.45, 2.75) is 0 Å². The Morgan fingerprint density at radius 2 is 1.85 bits per heavy atom. The number of benzene rings is 1. The van der Waals surface area contributed by atoms with Crippen LogP contribution in [0.15, 0.2) is 42.6 Å². The molecule has 0 aliphatic heterocycles. The minimum atomic E-state index is -0.706. The minimum absolute atomic E-state index is 0.0485. The lowest BCUT2D eigenvalue weighted by Crippen LogP contribution is -1.96. The van der Waals surface area contributed by atoms with Crippen LogP contribution in [0.25, 0.3) is 32.8 Å². The summed E-state index contributed by atoms with van der Waals surface area (Å²) in [5, 5.41) is 2.77. The number of H-pyrrole nitrogens is 1. The molecule has 1 aromatic heterocycles. The van der Waals surface area contributed by atoms with Gasteiger partial charge in [0, 0.05) is 17.1 Å². The van der Waals surface area contributed by atoms with Crippen molar-refractivity contribution in [1.82, 2.24) is 4.98 Å². The Kier molecular flexibility index (Phi) is 2.07. The van der Waals surface area contributed by atoms with E-state index >= 15 is 0 Å². The molecule has 4 aromatic rings. The fourth-order valence-corrected chi connectivity index (χ4v) is 2.81. The van der Waals surface area contributed by atoms with Crippen molar-refractivity contribution >= 4 is 27.4 Å². The average molecular weight is 268 g/mol. The second-order valence-corrected chi connectivity index (χ2v) is 4.85. The number of anilines is 1. The van der Waals surface area contributed by atoms with Gasteiger partial charge in [0.25, 0.3) is 0 Å². The van der Waals surface area contributed by atoms with Crippen molar-refractivity contribution < 1.29 is 8.78 Å². The molecule has 0 aliphatic rings. The Balaban J connectivity index is 2.16. The molecule has 3 N–H and O–H groups in total. The Morgan fingerprint density at radius 3 is 2.70 bits per heavy atom. The van der Waals surface area contributed by atoms with Crippen LogP contribution in [0.3, 0.4) is 0 Å². The zero-order valence-corrected chi connectivity index (χ0v) is 10.4. The van der Waals surface area contributed by atoms with Gasteiger partial charge in [-0.15, -0.1) is 0 Å². The van der Waals surface area contributed by atoms with Gasteiger partial charge in [0.05, 0.1) is 11.3 Å². The highest BCUT2D eigenvalue weighted by molar-refractivity contribution is 6.18. The van der Waals surface area contributed by atoms with Crippen molar-refractivity contribution in [1.29, 1.82) is 0 Å². The van der Waals surface area contributed by atoms with E-state index in [0.717, 1.165) is 21.7 Å². The number of hydrogen-bond donors (Lipinski definition) is 2. The van der Waals surface area contributed by atoms with Crippen molar-refractivity contribution in [2.75, 3.05) is 5.73 Å². The lowest BCUT2D eigenvalue weighted by atomic mass is 10.0. The molecule has 0 saturated carbocycles. The van der Waals surface area contributed by atoms with Gasteiger partial charge >= 0.3 is 0 Å². The molecule has 0 atom stereocenters. The van der Waals surface area contributed by atoms with Crippen LogP contribution in [0.1, 0.15) is 0 Å². The van der Waals surface area contributed by atoms with E-state index in [1.54, 1.807) is 6.07 Å². The summed E-state index contributed by atoms with van der Waals surface area (Å²) in [4.78, 5) is 3.12. The molecule has 3 aromatic carbocycles. The third-order valence-electron chi connectivity index (χ3n) is 3.73. The number of nitrogens with one attached hydrogen (secondary N) is 1. The SMILES string of the molecule is Nc1ccc(F)c(-c2cc3cc[nH]c4ccc2c34)c1F. The van der Waals surface area contributed by atoms with Gasteiger partial charge in [-0.2, -0.15) is 0 Å². The molecule has 20 heavy (non-hydrogen) atoms. The molecule has 0 radical (unpaired) electrons. The van der Waals surface area contributed by atoms with E-state index in [-0.39, 0.29) is 11.3 Å². The Morgan fingerprint density at radius 1 is 1.00 bits per heavy atom. The highest BCUT2D eigenvalue weighted by atomic mass is 19.1. The first kappa shape index (κ1) is 11.2. The molecule has 98 valence electrons. The van der Waals surface area contributed by atoms with Crippen LogP contribution in [0, 0.1) is 11.6 Å². The van der Waals surface area contributed by atoms with Crippen LogP contribution in [0.2, 0.25) is 0 Å². The van der Waals surface area contributed by atoms with Crippen LogP contribution in [-0.2, 0) is 0 Å². The van der Waals surface area contributed by atoms with Crippen molar-refractivity contribution in [3.63, 3.8) is 0 Å². The third kappa shape index (κ3) is 1.30.